The van der Waals surface area contributed by atoms with Crippen LogP contribution >= 0.6 is 0 Å². The molecule has 2 N–H and O–H groups in total. The van der Waals surface area contributed by atoms with E-state index in [0.717, 1.165) is 31.5 Å². The molecule has 24 heavy (non-hydrogen) atoms. The van der Waals surface area contributed by atoms with Gasteiger partial charge in [0, 0.05) is 18.7 Å². The van der Waals surface area contributed by atoms with Crippen LogP contribution in [0.25, 0.3) is 11.4 Å². The molecule has 6 nitrogen and oxygen atoms in total. The molecule has 124 valence electrons. The molecule has 1 saturated heterocycles. The predicted octanol–water partition coefficient (Wildman–Crippen LogP) is 2.58. The van der Waals surface area contributed by atoms with Crippen molar-refractivity contribution in [1.29, 1.82) is 0 Å². The van der Waals surface area contributed by atoms with Gasteiger partial charge >= 0.3 is 6.03 Å². The number of nitrogens with zero attached hydrogens (tertiary/aromatic N) is 3. The molecule has 1 aliphatic carbocycles. The number of likely N-dealkylation sites (tertiary alicyclic amines) is 1. The third-order valence-electron chi connectivity index (χ3n) is 4.88. The van der Waals surface area contributed by atoms with Crippen molar-refractivity contribution in [1.82, 2.24) is 25.4 Å². The number of aromatic nitrogens is 3. The maximum Gasteiger partial charge on any atom is 0.317 e. The molecule has 2 aromatic rings. The Kier molecular flexibility index (Phi) is 4.02. The molecule has 2 atom stereocenters. The monoisotopic (exact) mass is 323 g/mol. The molecule has 2 amide bonds. The van der Waals surface area contributed by atoms with Gasteiger partial charge in [0.2, 0.25) is 0 Å². The minimum Gasteiger partial charge on any atom is -0.331 e. The number of fused-ring (bicyclic) bond motifs is 1. The molecule has 1 aromatic carbocycles. The molecule has 2 aliphatic rings. The summed E-state index contributed by atoms with van der Waals surface area (Å²) in [6.07, 6.45) is 6.67. The largest absolute Gasteiger partial charge is 0.331 e. The van der Waals surface area contributed by atoms with Crippen molar-refractivity contribution < 1.29 is 4.79 Å². The van der Waals surface area contributed by atoms with Crippen LogP contribution in [0.2, 0.25) is 0 Å². The number of nitrogens with one attached hydrogen (secondary N) is 2. The van der Waals surface area contributed by atoms with Crippen molar-refractivity contribution in [2.45, 2.75) is 19.4 Å². The molecular weight excluding hydrogens is 302 g/mol. The molecule has 0 unspecified atom stereocenters. The average Bonchev–Trinajstić information content (AvgIpc) is 3.27. The number of hydrogen-bond acceptors (Lipinski definition) is 3. The highest BCUT2D eigenvalue weighted by atomic mass is 16.2. The second kappa shape index (κ2) is 6.47. The molecule has 0 saturated carbocycles. The average molecular weight is 323 g/mol. The van der Waals surface area contributed by atoms with Gasteiger partial charge in [-0.05, 0) is 24.7 Å². The number of hydrogen-bond donors (Lipinski definition) is 2. The number of rotatable bonds is 3. The second-order valence-electron chi connectivity index (χ2n) is 6.50. The predicted molar refractivity (Wildman–Crippen MR) is 91.0 cm³/mol. The summed E-state index contributed by atoms with van der Waals surface area (Å²) in [6, 6.07) is 9.78. The van der Waals surface area contributed by atoms with Crippen LogP contribution < -0.4 is 5.32 Å². The van der Waals surface area contributed by atoms with Crippen LogP contribution in [0, 0.1) is 11.8 Å². The van der Waals surface area contributed by atoms with E-state index in [0.29, 0.717) is 30.0 Å². The SMILES string of the molecule is O=C(NCc1nc(-c2ccccc2)n[nH]1)N1C[C@H]2CC=CC[C@H]2C1. The van der Waals surface area contributed by atoms with E-state index in [1.165, 1.54) is 0 Å². The lowest BCUT2D eigenvalue weighted by atomic mass is 9.86. The Balaban J connectivity index is 1.33. The van der Waals surface area contributed by atoms with Crippen LogP contribution in [0.4, 0.5) is 4.79 Å². The molecule has 1 aromatic heterocycles. The summed E-state index contributed by atoms with van der Waals surface area (Å²) < 4.78 is 0. The summed E-state index contributed by atoms with van der Waals surface area (Å²) in [7, 11) is 0. The zero-order chi connectivity index (χ0) is 16.4. The van der Waals surface area contributed by atoms with Crippen molar-refractivity contribution in [3.05, 3.63) is 48.3 Å². The molecule has 0 spiro atoms. The molecule has 1 fully saturated rings. The van der Waals surface area contributed by atoms with Gasteiger partial charge in [-0.1, -0.05) is 42.5 Å². The first kappa shape index (κ1) is 14.9. The lowest BCUT2D eigenvalue weighted by molar-refractivity contribution is 0.205. The van der Waals surface area contributed by atoms with Crippen LogP contribution in [-0.4, -0.2) is 39.2 Å². The maximum absolute atomic E-state index is 12.4. The number of urea groups is 1. The number of amides is 2. The van der Waals surface area contributed by atoms with E-state index < -0.39 is 0 Å². The van der Waals surface area contributed by atoms with Gasteiger partial charge in [-0.3, -0.25) is 5.10 Å². The standard InChI is InChI=1S/C18H21N5O/c24-18(23-11-14-8-4-5-9-15(14)12-23)19-10-16-20-17(22-21-16)13-6-2-1-3-7-13/h1-7,14-15H,8-12H2,(H,19,24)(H,20,21,22)/t14-,15+. The van der Waals surface area contributed by atoms with E-state index in [1.807, 2.05) is 35.2 Å². The minimum atomic E-state index is -0.0120. The summed E-state index contributed by atoms with van der Waals surface area (Å²) in [5, 5.41) is 10.1. The maximum atomic E-state index is 12.4. The van der Waals surface area contributed by atoms with Gasteiger partial charge in [0.1, 0.15) is 5.82 Å². The highest BCUT2D eigenvalue weighted by Crippen LogP contribution is 2.32. The van der Waals surface area contributed by atoms with Gasteiger partial charge in [0.05, 0.1) is 6.54 Å². The van der Waals surface area contributed by atoms with Crippen LogP contribution in [0.15, 0.2) is 42.5 Å². The van der Waals surface area contributed by atoms with Crippen molar-refractivity contribution in [3.8, 4) is 11.4 Å². The van der Waals surface area contributed by atoms with Gasteiger partial charge in [0.25, 0.3) is 0 Å². The molecule has 0 radical (unpaired) electrons. The fraction of sp³-hybridized carbons (Fsp3) is 0.389. The van der Waals surface area contributed by atoms with Gasteiger partial charge in [-0.2, -0.15) is 5.10 Å². The number of carbonyl (C=O) groups is 1. The van der Waals surface area contributed by atoms with Crippen LogP contribution in [-0.2, 0) is 6.54 Å². The minimum absolute atomic E-state index is 0.0120. The number of aromatic amines is 1. The van der Waals surface area contributed by atoms with Gasteiger partial charge in [-0.25, -0.2) is 9.78 Å². The Morgan fingerprint density at radius 3 is 2.58 bits per heavy atom. The summed E-state index contributed by atoms with van der Waals surface area (Å²) >= 11 is 0. The first-order valence-electron chi connectivity index (χ1n) is 8.44. The van der Waals surface area contributed by atoms with Crippen molar-refractivity contribution >= 4 is 6.03 Å². The molecule has 2 heterocycles. The highest BCUT2D eigenvalue weighted by molar-refractivity contribution is 5.74. The summed E-state index contributed by atoms with van der Waals surface area (Å²) in [6.45, 7) is 2.07. The van der Waals surface area contributed by atoms with E-state index in [4.69, 9.17) is 0 Å². The Labute approximate surface area is 141 Å². The third kappa shape index (κ3) is 3.04. The smallest absolute Gasteiger partial charge is 0.317 e. The molecule has 4 rings (SSSR count). The highest BCUT2D eigenvalue weighted by Gasteiger charge is 2.34. The normalized spacial score (nSPS) is 22.4. The Morgan fingerprint density at radius 2 is 1.88 bits per heavy atom. The zero-order valence-corrected chi connectivity index (χ0v) is 13.5. The molecular formula is C18H21N5O. The quantitative estimate of drug-likeness (QED) is 0.853. The first-order chi connectivity index (χ1) is 11.8. The van der Waals surface area contributed by atoms with E-state index >= 15 is 0 Å². The van der Waals surface area contributed by atoms with Gasteiger partial charge < -0.3 is 10.2 Å². The van der Waals surface area contributed by atoms with Gasteiger partial charge in [-0.15, -0.1) is 0 Å². The van der Waals surface area contributed by atoms with E-state index in [1.54, 1.807) is 0 Å². The number of H-pyrrole nitrogens is 1. The second-order valence-corrected chi connectivity index (χ2v) is 6.50. The van der Waals surface area contributed by atoms with E-state index in [-0.39, 0.29) is 6.03 Å². The fourth-order valence-corrected chi connectivity index (χ4v) is 3.54. The van der Waals surface area contributed by atoms with Crippen LogP contribution in [0.5, 0.6) is 0 Å². The van der Waals surface area contributed by atoms with Crippen molar-refractivity contribution in [2.75, 3.05) is 13.1 Å². The topological polar surface area (TPSA) is 73.9 Å². The number of benzene rings is 1. The third-order valence-corrected chi connectivity index (χ3v) is 4.88. The summed E-state index contributed by atoms with van der Waals surface area (Å²) in [5.41, 5.74) is 0.961. The van der Waals surface area contributed by atoms with Crippen LogP contribution in [0.3, 0.4) is 0 Å². The summed E-state index contributed by atoms with van der Waals surface area (Å²) in [5.74, 6) is 2.56. The Hall–Kier alpha value is -2.63. The fourth-order valence-electron chi connectivity index (χ4n) is 3.54. The van der Waals surface area contributed by atoms with Crippen molar-refractivity contribution in [2.24, 2.45) is 11.8 Å². The Bertz CT molecular complexity index is 723. The summed E-state index contributed by atoms with van der Waals surface area (Å²) in [4.78, 5) is 18.7. The van der Waals surface area contributed by atoms with Gasteiger partial charge in [0.15, 0.2) is 5.82 Å². The zero-order valence-electron chi connectivity index (χ0n) is 13.5. The molecule has 6 heteroatoms. The lowest BCUT2D eigenvalue weighted by Crippen LogP contribution is -2.38. The van der Waals surface area contributed by atoms with Crippen molar-refractivity contribution in [3.63, 3.8) is 0 Å². The first-order valence-corrected chi connectivity index (χ1v) is 8.44. The Morgan fingerprint density at radius 1 is 1.17 bits per heavy atom. The lowest BCUT2D eigenvalue weighted by Gasteiger charge is -2.17. The molecule has 1 aliphatic heterocycles. The van der Waals surface area contributed by atoms with E-state index in [9.17, 15) is 4.79 Å². The number of allylic oxidation sites excluding steroid dienone is 2. The van der Waals surface area contributed by atoms with Crippen LogP contribution in [0.1, 0.15) is 18.7 Å². The molecule has 0 bridgehead atoms. The number of carbonyl (C=O) groups excluding carboxylic acids is 1. The van der Waals surface area contributed by atoms with E-state index in [2.05, 4.69) is 32.7 Å².